The Morgan fingerprint density at radius 3 is 2.50 bits per heavy atom. The topological polar surface area (TPSA) is 64.9 Å². The maximum atomic E-state index is 5.81. The molecule has 6 nitrogen and oxygen atoms in total. The van der Waals surface area contributed by atoms with Crippen molar-refractivity contribution in [3.8, 4) is 11.6 Å². The van der Waals surface area contributed by atoms with Gasteiger partial charge in [0.05, 0.1) is 5.69 Å². The first-order valence-electron chi connectivity index (χ1n) is 5.72. The van der Waals surface area contributed by atoms with E-state index in [2.05, 4.69) is 20.4 Å². The van der Waals surface area contributed by atoms with Gasteiger partial charge in [0.15, 0.2) is 5.75 Å². The molecule has 0 radical (unpaired) electrons. The Labute approximate surface area is 106 Å². The Morgan fingerprint density at radius 2 is 1.94 bits per heavy atom. The average Bonchev–Trinajstić information content (AvgIpc) is 2.55. The van der Waals surface area contributed by atoms with E-state index in [0.29, 0.717) is 11.8 Å². The number of aromatic nitrogens is 4. The summed E-state index contributed by atoms with van der Waals surface area (Å²) in [6.45, 7) is 5.77. The van der Waals surface area contributed by atoms with Gasteiger partial charge in [0, 0.05) is 25.9 Å². The summed E-state index contributed by atoms with van der Waals surface area (Å²) in [7, 11) is 3.67. The van der Waals surface area contributed by atoms with Gasteiger partial charge in [0.1, 0.15) is 5.69 Å². The molecule has 0 atom stereocenters. The second kappa shape index (κ2) is 4.64. The lowest BCUT2D eigenvalue weighted by Crippen LogP contribution is -2.00. The molecule has 0 aliphatic heterocycles. The zero-order valence-electron chi connectivity index (χ0n) is 11.3. The second-order valence-corrected chi connectivity index (χ2v) is 4.15. The number of hydrogen-bond donors (Lipinski definition) is 1. The van der Waals surface area contributed by atoms with E-state index in [9.17, 15) is 0 Å². The number of rotatable bonds is 3. The third-order valence-corrected chi connectivity index (χ3v) is 2.70. The highest BCUT2D eigenvalue weighted by Crippen LogP contribution is 2.27. The Kier molecular flexibility index (Phi) is 3.18. The smallest absolute Gasteiger partial charge is 0.225 e. The van der Waals surface area contributed by atoms with Crippen LogP contribution in [-0.2, 0) is 7.05 Å². The summed E-state index contributed by atoms with van der Waals surface area (Å²) in [4.78, 5) is 8.48. The first kappa shape index (κ1) is 12.3. The summed E-state index contributed by atoms with van der Waals surface area (Å²) >= 11 is 0. The number of hydrogen-bond acceptors (Lipinski definition) is 5. The Balaban J connectivity index is 2.36. The minimum Gasteiger partial charge on any atom is -0.435 e. The minimum absolute atomic E-state index is 0.519. The van der Waals surface area contributed by atoms with Crippen LogP contribution in [-0.4, -0.2) is 26.8 Å². The molecule has 0 amide bonds. The largest absolute Gasteiger partial charge is 0.435 e. The van der Waals surface area contributed by atoms with Crippen LogP contribution in [0.4, 0.5) is 5.95 Å². The fraction of sp³-hybridized carbons (Fsp3) is 0.417. The van der Waals surface area contributed by atoms with Crippen LogP contribution in [0.25, 0.3) is 0 Å². The standard InChI is InChI=1S/C12H17N5O/c1-7-6-10(15-12(13-4)14-7)18-11-8(2)16-17(5)9(11)3/h6H,1-5H3,(H,13,14,15). The normalized spacial score (nSPS) is 10.5. The van der Waals surface area contributed by atoms with Gasteiger partial charge in [-0.1, -0.05) is 0 Å². The van der Waals surface area contributed by atoms with Gasteiger partial charge in [0.2, 0.25) is 11.8 Å². The van der Waals surface area contributed by atoms with Crippen molar-refractivity contribution in [2.75, 3.05) is 12.4 Å². The molecular formula is C12H17N5O. The number of anilines is 1. The highest BCUT2D eigenvalue weighted by atomic mass is 16.5. The molecule has 0 aliphatic rings. The molecule has 6 heteroatoms. The summed E-state index contributed by atoms with van der Waals surface area (Å²) in [5, 5.41) is 7.21. The van der Waals surface area contributed by atoms with Crippen molar-refractivity contribution < 1.29 is 4.74 Å². The molecule has 2 rings (SSSR count). The lowest BCUT2D eigenvalue weighted by atomic mass is 10.3. The lowest BCUT2D eigenvalue weighted by molar-refractivity contribution is 0.454. The minimum atomic E-state index is 0.519. The van der Waals surface area contributed by atoms with Crippen LogP contribution in [0.15, 0.2) is 6.07 Å². The SMILES string of the molecule is CNc1nc(C)cc(Oc2c(C)nn(C)c2C)n1. The summed E-state index contributed by atoms with van der Waals surface area (Å²) in [6.07, 6.45) is 0. The van der Waals surface area contributed by atoms with E-state index in [1.165, 1.54) is 0 Å². The maximum absolute atomic E-state index is 5.81. The molecule has 0 saturated carbocycles. The molecule has 0 unspecified atom stereocenters. The third-order valence-electron chi connectivity index (χ3n) is 2.70. The van der Waals surface area contributed by atoms with Crippen molar-refractivity contribution in [1.82, 2.24) is 19.7 Å². The van der Waals surface area contributed by atoms with Crippen LogP contribution in [0, 0.1) is 20.8 Å². The van der Waals surface area contributed by atoms with Crippen LogP contribution in [0.3, 0.4) is 0 Å². The lowest BCUT2D eigenvalue weighted by Gasteiger charge is -2.07. The van der Waals surface area contributed by atoms with Crippen molar-refractivity contribution in [1.29, 1.82) is 0 Å². The van der Waals surface area contributed by atoms with Crippen LogP contribution >= 0.6 is 0 Å². The third kappa shape index (κ3) is 2.27. The Bertz CT molecular complexity index is 576. The van der Waals surface area contributed by atoms with E-state index in [-0.39, 0.29) is 0 Å². The highest BCUT2D eigenvalue weighted by molar-refractivity contribution is 5.37. The molecule has 0 aliphatic carbocycles. The van der Waals surface area contributed by atoms with Crippen molar-refractivity contribution in [3.63, 3.8) is 0 Å². The first-order chi connectivity index (χ1) is 8.51. The van der Waals surface area contributed by atoms with Crippen LogP contribution < -0.4 is 10.1 Å². The van der Waals surface area contributed by atoms with Gasteiger partial charge in [-0.2, -0.15) is 10.1 Å². The molecule has 1 N–H and O–H groups in total. The van der Waals surface area contributed by atoms with Crippen LogP contribution in [0.1, 0.15) is 17.1 Å². The highest BCUT2D eigenvalue weighted by Gasteiger charge is 2.13. The average molecular weight is 247 g/mol. The first-order valence-corrected chi connectivity index (χ1v) is 5.72. The molecule has 2 heterocycles. The molecule has 2 aromatic rings. The van der Waals surface area contributed by atoms with Crippen molar-refractivity contribution in [2.45, 2.75) is 20.8 Å². The number of ether oxygens (including phenoxy) is 1. The summed E-state index contributed by atoms with van der Waals surface area (Å²) in [5.74, 6) is 1.81. The number of nitrogens with zero attached hydrogens (tertiary/aromatic N) is 4. The van der Waals surface area contributed by atoms with E-state index >= 15 is 0 Å². The monoisotopic (exact) mass is 247 g/mol. The zero-order valence-corrected chi connectivity index (χ0v) is 11.3. The number of aryl methyl sites for hydroxylation is 3. The van der Waals surface area contributed by atoms with Gasteiger partial charge in [-0.05, 0) is 20.8 Å². The maximum Gasteiger partial charge on any atom is 0.225 e. The predicted molar refractivity (Wildman–Crippen MR) is 69.1 cm³/mol. The Hall–Kier alpha value is -2.11. The van der Waals surface area contributed by atoms with E-state index in [4.69, 9.17) is 4.74 Å². The van der Waals surface area contributed by atoms with Gasteiger partial charge in [-0.15, -0.1) is 0 Å². The zero-order chi connectivity index (χ0) is 13.3. The second-order valence-electron chi connectivity index (χ2n) is 4.15. The van der Waals surface area contributed by atoms with Gasteiger partial charge in [-0.25, -0.2) is 4.98 Å². The molecule has 2 aromatic heterocycles. The van der Waals surface area contributed by atoms with Crippen molar-refractivity contribution >= 4 is 5.95 Å². The molecule has 0 spiro atoms. The van der Waals surface area contributed by atoms with Crippen molar-refractivity contribution in [3.05, 3.63) is 23.1 Å². The van der Waals surface area contributed by atoms with E-state index in [1.54, 1.807) is 17.8 Å². The van der Waals surface area contributed by atoms with Gasteiger partial charge in [-0.3, -0.25) is 4.68 Å². The van der Waals surface area contributed by atoms with Gasteiger partial charge in [0.25, 0.3) is 0 Å². The predicted octanol–water partition coefficient (Wildman–Crippen LogP) is 1.97. The fourth-order valence-corrected chi connectivity index (χ4v) is 1.71. The van der Waals surface area contributed by atoms with Gasteiger partial charge < -0.3 is 10.1 Å². The summed E-state index contributed by atoms with van der Waals surface area (Å²) in [6, 6.07) is 1.80. The van der Waals surface area contributed by atoms with Gasteiger partial charge >= 0.3 is 0 Å². The molecule has 0 aromatic carbocycles. The molecule has 18 heavy (non-hydrogen) atoms. The van der Waals surface area contributed by atoms with Crippen molar-refractivity contribution in [2.24, 2.45) is 7.05 Å². The van der Waals surface area contributed by atoms with E-state index in [0.717, 1.165) is 22.8 Å². The molecular weight excluding hydrogens is 230 g/mol. The van der Waals surface area contributed by atoms with E-state index in [1.807, 2.05) is 27.8 Å². The quantitative estimate of drug-likeness (QED) is 0.898. The summed E-state index contributed by atoms with van der Waals surface area (Å²) < 4.78 is 7.60. The van der Waals surface area contributed by atoms with E-state index < -0.39 is 0 Å². The molecule has 0 bridgehead atoms. The molecule has 0 saturated heterocycles. The fourth-order valence-electron chi connectivity index (χ4n) is 1.71. The van der Waals surface area contributed by atoms with Crippen LogP contribution in [0.2, 0.25) is 0 Å². The molecule has 96 valence electrons. The summed E-state index contributed by atoms with van der Waals surface area (Å²) in [5.41, 5.74) is 2.66. The van der Waals surface area contributed by atoms with Crippen LogP contribution in [0.5, 0.6) is 11.6 Å². The number of nitrogens with one attached hydrogen (secondary N) is 1. The Morgan fingerprint density at radius 1 is 1.22 bits per heavy atom. The molecule has 0 fully saturated rings.